The van der Waals surface area contributed by atoms with Crippen LogP contribution in [0.1, 0.15) is 201 Å². The molecule has 0 aromatic carbocycles. The van der Waals surface area contributed by atoms with E-state index >= 15 is 0 Å². The molecule has 12 heteroatoms. The number of rotatable bonds is 48. The van der Waals surface area contributed by atoms with Crippen LogP contribution in [0, 0.1) is 0 Å². The fourth-order valence-corrected chi connectivity index (χ4v) is 7.47. The normalized spacial score (nSPS) is 14.3. The number of hydrogen-bond acceptors (Lipinski definition) is 10. The molecule has 0 aliphatic rings. The van der Waals surface area contributed by atoms with Crippen LogP contribution in [0.25, 0.3) is 0 Å². The van der Waals surface area contributed by atoms with E-state index in [4.69, 9.17) is 23.3 Å². The lowest BCUT2D eigenvalue weighted by Crippen LogP contribution is -2.30. The van der Waals surface area contributed by atoms with Crippen molar-refractivity contribution in [3.63, 3.8) is 0 Å². The number of esters is 3. The Bertz CT molecular complexity index is 1590. The monoisotopic (exact) mass is 999 g/mol. The smallest absolute Gasteiger partial charge is 0.462 e. The minimum absolute atomic E-state index is 0.0927. The highest BCUT2D eigenvalue weighted by atomic mass is 31.2. The third-order valence-electron chi connectivity index (χ3n) is 10.7. The van der Waals surface area contributed by atoms with Gasteiger partial charge in [-0.05, 0) is 89.9 Å². The number of aliphatic hydroxyl groups is 1. The van der Waals surface area contributed by atoms with Gasteiger partial charge in [0.15, 0.2) is 6.10 Å². The Morgan fingerprint density at radius 1 is 0.414 bits per heavy atom. The van der Waals surface area contributed by atoms with Gasteiger partial charge in [-0.15, -0.1) is 0 Å². The van der Waals surface area contributed by atoms with Crippen LogP contribution < -0.4 is 0 Å². The summed E-state index contributed by atoms with van der Waals surface area (Å²) in [6.45, 7) is 4.26. The molecule has 3 atom stereocenters. The molecule has 0 amide bonds. The fourth-order valence-electron chi connectivity index (χ4n) is 6.69. The van der Waals surface area contributed by atoms with Crippen molar-refractivity contribution in [3.05, 3.63) is 109 Å². The number of carbonyl (C=O) groups excluding carboxylic acids is 3. The topological polar surface area (TPSA) is 155 Å². The lowest BCUT2D eigenvalue weighted by Gasteiger charge is -2.21. The minimum atomic E-state index is -4.76. The summed E-state index contributed by atoms with van der Waals surface area (Å²) in [7, 11) is -4.76. The highest BCUT2D eigenvalue weighted by Crippen LogP contribution is 2.43. The molecular formula is C58H95O11P. The molecule has 11 nitrogen and oxygen atoms in total. The van der Waals surface area contributed by atoms with E-state index in [9.17, 15) is 28.9 Å². The van der Waals surface area contributed by atoms with E-state index < -0.39 is 57.8 Å². The number of phosphoric acid groups is 1. The largest absolute Gasteiger partial charge is 0.472 e. The maximum absolute atomic E-state index is 12.8. The zero-order chi connectivity index (χ0) is 51.3. The molecule has 0 aliphatic carbocycles. The van der Waals surface area contributed by atoms with E-state index in [0.29, 0.717) is 19.3 Å². The molecule has 0 spiro atoms. The predicted molar refractivity (Wildman–Crippen MR) is 288 cm³/mol. The van der Waals surface area contributed by atoms with Crippen LogP contribution in [0.4, 0.5) is 0 Å². The second kappa shape index (κ2) is 51.5. The molecule has 0 radical (unpaired) electrons. The van der Waals surface area contributed by atoms with Crippen molar-refractivity contribution in [3.8, 4) is 0 Å². The Kier molecular flexibility index (Phi) is 48.7. The second-order valence-corrected chi connectivity index (χ2v) is 18.7. The number of ether oxygens (including phenoxy) is 3. The summed E-state index contributed by atoms with van der Waals surface area (Å²) in [5.41, 5.74) is 0. The van der Waals surface area contributed by atoms with Crippen molar-refractivity contribution in [2.75, 3.05) is 26.4 Å². The number of phosphoric ester groups is 1. The Balaban J connectivity index is 4.88. The molecule has 0 saturated heterocycles. The number of allylic oxidation sites excluding steroid dienone is 18. The molecule has 0 fully saturated rings. The first kappa shape index (κ1) is 66.1. The molecular weight excluding hydrogens is 904 g/mol. The van der Waals surface area contributed by atoms with E-state index in [-0.39, 0.29) is 25.9 Å². The third kappa shape index (κ3) is 49.1. The van der Waals surface area contributed by atoms with Crippen LogP contribution in [0.15, 0.2) is 109 Å². The van der Waals surface area contributed by atoms with Gasteiger partial charge in [-0.2, -0.15) is 0 Å². The quantitative estimate of drug-likeness (QED) is 0.0197. The molecule has 0 aromatic rings. The predicted octanol–water partition coefficient (Wildman–Crippen LogP) is 15.5. The van der Waals surface area contributed by atoms with E-state index in [0.717, 1.165) is 109 Å². The first-order valence-electron chi connectivity index (χ1n) is 26.8. The Morgan fingerprint density at radius 2 is 0.771 bits per heavy atom. The number of aliphatic hydroxyl groups excluding tert-OH is 1. The van der Waals surface area contributed by atoms with E-state index in [2.05, 4.69) is 118 Å². The van der Waals surface area contributed by atoms with Gasteiger partial charge < -0.3 is 24.2 Å². The van der Waals surface area contributed by atoms with Crippen molar-refractivity contribution in [1.82, 2.24) is 0 Å². The van der Waals surface area contributed by atoms with Crippen molar-refractivity contribution in [2.24, 2.45) is 0 Å². The number of hydrogen-bond donors (Lipinski definition) is 2. The molecule has 0 saturated carbocycles. The van der Waals surface area contributed by atoms with Gasteiger partial charge in [-0.3, -0.25) is 23.4 Å². The Labute approximate surface area is 425 Å². The van der Waals surface area contributed by atoms with Crippen molar-refractivity contribution < 1.29 is 52.2 Å². The lowest BCUT2D eigenvalue weighted by atomic mass is 10.1. The van der Waals surface area contributed by atoms with Gasteiger partial charge in [0.1, 0.15) is 12.7 Å². The molecule has 0 rings (SSSR count). The van der Waals surface area contributed by atoms with Gasteiger partial charge in [0, 0.05) is 19.3 Å². The van der Waals surface area contributed by atoms with Gasteiger partial charge in [-0.25, -0.2) is 4.57 Å². The van der Waals surface area contributed by atoms with E-state index in [1.807, 2.05) is 12.2 Å². The molecule has 2 N–H and O–H groups in total. The number of carbonyl (C=O) groups is 3. The summed E-state index contributed by atoms with van der Waals surface area (Å²) >= 11 is 0. The Morgan fingerprint density at radius 3 is 1.20 bits per heavy atom. The van der Waals surface area contributed by atoms with Crippen LogP contribution in [0.5, 0.6) is 0 Å². The van der Waals surface area contributed by atoms with Crippen LogP contribution >= 0.6 is 7.82 Å². The average molecular weight is 999 g/mol. The van der Waals surface area contributed by atoms with Gasteiger partial charge >= 0.3 is 25.7 Å². The van der Waals surface area contributed by atoms with E-state index in [1.54, 1.807) is 0 Å². The van der Waals surface area contributed by atoms with Crippen LogP contribution in [0.2, 0.25) is 0 Å². The molecule has 0 aliphatic heterocycles. The summed E-state index contributed by atoms with van der Waals surface area (Å²) in [6.07, 6.45) is 60.8. The summed E-state index contributed by atoms with van der Waals surface area (Å²) < 4.78 is 39.2. The average Bonchev–Trinajstić information content (AvgIpc) is 3.35. The third-order valence-corrected chi connectivity index (χ3v) is 11.7. The summed E-state index contributed by atoms with van der Waals surface area (Å²) in [5.74, 6) is -1.60. The molecule has 398 valence electrons. The van der Waals surface area contributed by atoms with Crippen LogP contribution in [0.3, 0.4) is 0 Å². The SMILES string of the molecule is CC/C=C\C/C=C\C/C=C\C/C=C\C/C=C\C/C=C\CCC(=O)OCC(COP(=O)(O)OCC(CO)OC(=O)CCCCCCCCCCC)OC(=O)CCCCCCC/C=C\C/C=C\C/C=C\CC. The first-order valence-corrected chi connectivity index (χ1v) is 28.3. The molecule has 70 heavy (non-hydrogen) atoms. The van der Waals surface area contributed by atoms with Crippen LogP contribution in [-0.4, -0.2) is 66.5 Å². The van der Waals surface area contributed by atoms with Crippen molar-refractivity contribution in [1.29, 1.82) is 0 Å². The standard InChI is InChI=1S/C58H95O11P/c1-4-7-10-13-16-19-21-23-25-26-27-28-30-31-33-36-38-41-44-47-56(60)65-51-55(69-58(62)49-46-43-40-37-34-32-29-24-22-20-17-14-11-8-5-2)53-67-70(63,64)66-52-54(50-59)68-57(61)48-45-42-39-35-18-15-12-9-6-3/h7-8,10-11,16-17,19-20,23-25,27-29,31,33,38,41,54-55,59H,4-6,9,12-15,18,21-22,26,30,32,34-37,39-40,42-53H2,1-3H3,(H,63,64)/b10-7-,11-8-,19-16-,20-17-,25-23-,28-27-,29-24-,33-31-,41-38-. The maximum Gasteiger partial charge on any atom is 0.472 e. The highest BCUT2D eigenvalue weighted by molar-refractivity contribution is 7.47. The maximum atomic E-state index is 12.8. The molecule has 0 heterocycles. The van der Waals surface area contributed by atoms with Crippen molar-refractivity contribution >= 4 is 25.7 Å². The zero-order valence-corrected chi connectivity index (χ0v) is 44.6. The van der Waals surface area contributed by atoms with Gasteiger partial charge in [0.2, 0.25) is 0 Å². The highest BCUT2D eigenvalue weighted by Gasteiger charge is 2.28. The van der Waals surface area contributed by atoms with E-state index in [1.165, 1.54) is 32.1 Å². The minimum Gasteiger partial charge on any atom is -0.462 e. The fraction of sp³-hybridized carbons (Fsp3) is 0.638. The summed E-state index contributed by atoms with van der Waals surface area (Å²) in [6, 6.07) is 0. The zero-order valence-electron chi connectivity index (χ0n) is 43.7. The summed E-state index contributed by atoms with van der Waals surface area (Å²) in [5, 5.41) is 9.75. The van der Waals surface area contributed by atoms with Crippen molar-refractivity contribution in [2.45, 2.75) is 213 Å². The first-order chi connectivity index (χ1) is 34.2. The summed E-state index contributed by atoms with van der Waals surface area (Å²) in [4.78, 5) is 48.3. The van der Waals surface area contributed by atoms with Gasteiger partial charge in [-0.1, -0.05) is 201 Å². The molecule has 0 aromatic heterocycles. The second-order valence-electron chi connectivity index (χ2n) is 17.3. The Hall–Kier alpha value is -3.86. The van der Waals surface area contributed by atoms with Gasteiger partial charge in [0.25, 0.3) is 0 Å². The molecule has 0 bridgehead atoms. The number of unbranched alkanes of at least 4 members (excludes halogenated alkanes) is 13. The van der Waals surface area contributed by atoms with Gasteiger partial charge in [0.05, 0.1) is 19.8 Å². The van der Waals surface area contributed by atoms with Crippen LogP contribution in [-0.2, 0) is 42.2 Å². The molecule has 3 unspecified atom stereocenters. The lowest BCUT2D eigenvalue weighted by molar-refractivity contribution is -0.161.